The highest BCUT2D eigenvalue weighted by Gasteiger charge is 2.46. The van der Waals surface area contributed by atoms with E-state index in [9.17, 15) is 0 Å². The summed E-state index contributed by atoms with van der Waals surface area (Å²) < 4.78 is 2.62. The second kappa shape index (κ2) is 7.25. The van der Waals surface area contributed by atoms with Crippen molar-refractivity contribution in [3.05, 3.63) is 53.1 Å². The molecule has 148 valence electrons. The van der Waals surface area contributed by atoms with Gasteiger partial charge in [0.2, 0.25) is 0 Å². The lowest BCUT2D eigenvalue weighted by Crippen LogP contribution is -2.35. The number of fused-ring (bicyclic) bond motifs is 1. The molecule has 0 radical (unpaired) electrons. The Morgan fingerprint density at radius 3 is 2.71 bits per heavy atom. The van der Waals surface area contributed by atoms with E-state index in [1.165, 1.54) is 54.2 Å². The number of aliphatic imine (C=N–C) groups is 1. The third-order valence-corrected chi connectivity index (χ3v) is 7.99. The Hall–Kier alpha value is -1.75. The molecule has 5 heteroatoms. The lowest BCUT2D eigenvalue weighted by Gasteiger charge is -2.32. The van der Waals surface area contributed by atoms with Gasteiger partial charge in [-0.1, -0.05) is 37.6 Å². The summed E-state index contributed by atoms with van der Waals surface area (Å²) >= 11 is 1.93. The van der Waals surface area contributed by atoms with Crippen LogP contribution in [0.5, 0.6) is 0 Å². The molecule has 0 N–H and O–H groups in total. The van der Waals surface area contributed by atoms with Crippen LogP contribution in [0.15, 0.2) is 35.5 Å². The molecule has 28 heavy (non-hydrogen) atoms. The minimum absolute atomic E-state index is 0.0931. The fraction of sp³-hybridized carbons (Fsp3) is 0.565. The fourth-order valence-electron chi connectivity index (χ4n) is 5.51. The Morgan fingerprint density at radius 1 is 1.18 bits per heavy atom. The Bertz CT molecular complexity index is 882. The molecule has 4 heterocycles. The summed E-state index contributed by atoms with van der Waals surface area (Å²) in [6, 6.07) is 10.3. The lowest BCUT2D eigenvalue weighted by atomic mass is 9.95. The zero-order valence-corrected chi connectivity index (χ0v) is 18.0. The second-order valence-electron chi connectivity index (χ2n) is 8.47. The van der Waals surface area contributed by atoms with E-state index in [1.54, 1.807) is 0 Å². The maximum Gasteiger partial charge on any atom is 0.160 e. The van der Waals surface area contributed by atoms with E-state index in [-0.39, 0.29) is 12.1 Å². The van der Waals surface area contributed by atoms with Crippen molar-refractivity contribution in [1.82, 2.24) is 14.5 Å². The van der Waals surface area contributed by atoms with Crippen molar-refractivity contribution in [3.63, 3.8) is 0 Å². The number of thioether (sulfide) groups is 1. The highest BCUT2D eigenvalue weighted by atomic mass is 32.2. The lowest BCUT2D eigenvalue weighted by molar-refractivity contribution is 0.254. The third kappa shape index (κ3) is 2.81. The normalized spacial score (nSPS) is 27.5. The maximum absolute atomic E-state index is 5.19. The molecule has 0 amide bonds. The smallest absolute Gasteiger partial charge is 0.160 e. The minimum atomic E-state index is 0.0931. The van der Waals surface area contributed by atoms with Crippen LogP contribution in [0.4, 0.5) is 0 Å². The molecular weight excluding hydrogens is 364 g/mol. The zero-order chi connectivity index (χ0) is 19.3. The van der Waals surface area contributed by atoms with Gasteiger partial charge in [-0.2, -0.15) is 0 Å². The first kappa shape index (κ1) is 18.3. The molecule has 4 nitrogen and oxygen atoms in total. The van der Waals surface area contributed by atoms with Gasteiger partial charge in [-0.05, 0) is 56.9 Å². The molecular formula is C23H30N4S. The molecule has 3 atom stereocenters. The predicted molar refractivity (Wildman–Crippen MR) is 117 cm³/mol. The van der Waals surface area contributed by atoms with Gasteiger partial charge in [-0.15, -0.1) is 0 Å². The van der Waals surface area contributed by atoms with Gasteiger partial charge in [0.1, 0.15) is 6.04 Å². The standard InChI is InChI=1S/C23H30N4S/c1-4-17-14-28-23-25-21(20-11-7-8-12-24-20)22(27(17)23)19-13-15(2)26(16(19)3)18-9-5-6-10-18/h7-8,11-13,17-18,21-22H,4-6,9-10,14H2,1-3H3/t17-,21-,22+/m1/s1. The Morgan fingerprint density at radius 2 is 2.00 bits per heavy atom. The van der Waals surface area contributed by atoms with Crippen molar-refractivity contribution in [1.29, 1.82) is 0 Å². The van der Waals surface area contributed by atoms with E-state index in [4.69, 9.17) is 9.98 Å². The van der Waals surface area contributed by atoms with Crippen molar-refractivity contribution in [3.8, 4) is 0 Å². The van der Waals surface area contributed by atoms with Crippen molar-refractivity contribution >= 4 is 16.9 Å². The van der Waals surface area contributed by atoms with E-state index in [0.717, 1.165) is 11.4 Å². The molecule has 0 spiro atoms. The van der Waals surface area contributed by atoms with Crippen LogP contribution in [-0.4, -0.2) is 31.4 Å². The summed E-state index contributed by atoms with van der Waals surface area (Å²) in [7, 11) is 0. The highest BCUT2D eigenvalue weighted by molar-refractivity contribution is 8.14. The Labute approximate surface area is 172 Å². The van der Waals surface area contributed by atoms with Gasteiger partial charge in [0.15, 0.2) is 5.17 Å². The quantitative estimate of drug-likeness (QED) is 0.677. The number of rotatable bonds is 4. The largest absolute Gasteiger partial charge is 0.346 e. The van der Waals surface area contributed by atoms with Crippen molar-refractivity contribution in [2.75, 3.05) is 5.75 Å². The third-order valence-electron chi connectivity index (χ3n) is 6.86. The highest BCUT2D eigenvalue weighted by Crippen LogP contribution is 2.50. The Balaban J connectivity index is 1.60. The predicted octanol–water partition coefficient (Wildman–Crippen LogP) is 5.59. The maximum atomic E-state index is 5.19. The van der Waals surface area contributed by atoms with Crippen molar-refractivity contribution < 1.29 is 0 Å². The van der Waals surface area contributed by atoms with Gasteiger partial charge in [0.05, 0.1) is 11.7 Å². The number of aromatic nitrogens is 2. The molecule has 1 saturated carbocycles. The molecule has 2 fully saturated rings. The van der Waals surface area contributed by atoms with E-state index < -0.39 is 0 Å². The number of nitrogens with zero attached hydrogens (tertiary/aromatic N) is 4. The topological polar surface area (TPSA) is 33.4 Å². The number of hydrogen-bond acceptors (Lipinski definition) is 4. The first-order valence-electron chi connectivity index (χ1n) is 10.8. The molecule has 3 aliphatic rings. The summed E-state index contributed by atoms with van der Waals surface area (Å²) in [5, 5.41) is 1.22. The first-order chi connectivity index (χ1) is 13.7. The summed E-state index contributed by atoms with van der Waals surface area (Å²) in [4.78, 5) is 12.5. The second-order valence-corrected chi connectivity index (χ2v) is 9.46. The summed E-state index contributed by atoms with van der Waals surface area (Å²) in [6.07, 6.45) is 8.45. The van der Waals surface area contributed by atoms with Crippen LogP contribution in [0, 0.1) is 13.8 Å². The average Bonchev–Trinajstić information content (AvgIpc) is 3.47. The Kier molecular flexibility index (Phi) is 4.74. The van der Waals surface area contributed by atoms with Crippen LogP contribution < -0.4 is 0 Å². The average molecular weight is 395 g/mol. The number of hydrogen-bond donors (Lipinski definition) is 0. The van der Waals surface area contributed by atoms with Crippen LogP contribution >= 0.6 is 11.8 Å². The van der Waals surface area contributed by atoms with Gasteiger partial charge >= 0.3 is 0 Å². The number of amidine groups is 1. The SMILES string of the molecule is CC[C@@H]1CSC2=N[C@H](c3ccccn3)[C@H](c3cc(C)n(C4CCCC4)c3C)N21. The first-order valence-corrected chi connectivity index (χ1v) is 11.8. The summed E-state index contributed by atoms with van der Waals surface area (Å²) in [6.45, 7) is 6.93. The monoisotopic (exact) mass is 394 g/mol. The molecule has 0 aromatic carbocycles. The molecule has 1 saturated heterocycles. The van der Waals surface area contributed by atoms with Crippen LogP contribution in [0.25, 0.3) is 0 Å². The number of pyridine rings is 1. The van der Waals surface area contributed by atoms with E-state index in [2.05, 4.69) is 48.4 Å². The van der Waals surface area contributed by atoms with E-state index in [0.29, 0.717) is 12.1 Å². The molecule has 0 unspecified atom stereocenters. The van der Waals surface area contributed by atoms with Crippen molar-refractivity contribution in [2.45, 2.75) is 77.0 Å². The van der Waals surface area contributed by atoms with Gasteiger partial charge in [0.25, 0.3) is 0 Å². The van der Waals surface area contributed by atoms with Crippen LogP contribution in [0.2, 0.25) is 0 Å². The molecule has 2 aromatic rings. The molecule has 0 bridgehead atoms. The molecule has 2 aromatic heterocycles. The summed E-state index contributed by atoms with van der Waals surface area (Å²) in [5.74, 6) is 1.15. The molecule has 1 aliphatic carbocycles. The van der Waals surface area contributed by atoms with Gasteiger partial charge in [0, 0.05) is 35.4 Å². The summed E-state index contributed by atoms with van der Waals surface area (Å²) in [5.41, 5.74) is 5.40. The molecule has 5 rings (SSSR count). The molecule has 2 aliphatic heterocycles. The van der Waals surface area contributed by atoms with Crippen LogP contribution in [0.3, 0.4) is 0 Å². The van der Waals surface area contributed by atoms with E-state index >= 15 is 0 Å². The van der Waals surface area contributed by atoms with Crippen LogP contribution in [0.1, 0.15) is 79.8 Å². The van der Waals surface area contributed by atoms with Gasteiger partial charge in [-0.3, -0.25) is 9.98 Å². The van der Waals surface area contributed by atoms with Gasteiger partial charge < -0.3 is 9.47 Å². The van der Waals surface area contributed by atoms with Crippen molar-refractivity contribution in [2.24, 2.45) is 4.99 Å². The van der Waals surface area contributed by atoms with E-state index in [1.807, 2.05) is 24.0 Å². The van der Waals surface area contributed by atoms with Crippen LogP contribution in [-0.2, 0) is 0 Å². The number of aryl methyl sites for hydroxylation is 1. The minimum Gasteiger partial charge on any atom is -0.346 e. The van der Waals surface area contributed by atoms with Gasteiger partial charge in [-0.25, -0.2) is 0 Å². The zero-order valence-electron chi connectivity index (χ0n) is 17.1. The fourth-order valence-corrected chi connectivity index (χ4v) is 6.85.